The zero-order valence-electron chi connectivity index (χ0n) is 16.7. The van der Waals surface area contributed by atoms with Crippen LogP contribution in [0.1, 0.15) is 59.8 Å². The molecule has 0 aromatic heterocycles. The molecule has 0 N–H and O–H groups in total. The van der Waals surface area contributed by atoms with Crippen molar-refractivity contribution in [3.8, 4) is 0 Å². The van der Waals surface area contributed by atoms with Crippen LogP contribution in [0.3, 0.4) is 0 Å². The van der Waals surface area contributed by atoms with Gasteiger partial charge in [-0.2, -0.15) is 0 Å². The average Bonchev–Trinajstić information content (AvgIpc) is 2.83. The van der Waals surface area contributed by atoms with Crippen LogP contribution in [-0.4, -0.2) is 25.6 Å². The monoisotopic (exact) mass is 348 g/mol. The minimum Gasteiger partial charge on any atom is -0.399 e. The van der Waals surface area contributed by atoms with Crippen molar-refractivity contribution in [1.82, 2.24) is 0 Å². The number of benzene rings is 2. The van der Waals surface area contributed by atoms with Crippen molar-refractivity contribution in [1.29, 1.82) is 0 Å². The summed E-state index contributed by atoms with van der Waals surface area (Å²) in [5.74, 6) is 0.797. The van der Waals surface area contributed by atoms with Crippen molar-refractivity contribution in [2.75, 3.05) is 0 Å². The van der Waals surface area contributed by atoms with Crippen molar-refractivity contribution in [3.05, 3.63) is 36.4 Å². The van der Waals surface area contributed by atoms with Crippen LogP contribution < -0.4 is 10.9 Å². The van der Waals surface area contributed by atoms with E-state index in [0.29, 0.717) is 0 Å². The highest BCUT2D eigenvalue weighted by Gasteiger charge is 2.52. The fraction of sp³-hybridized carbons (Fsp3) is 0.545. The van der Waals surface area contributed by atoms with E-state index in [1.165, 1.54) is 53.8 Å². The van der Waals surface area contributed by atoms with Gasteiger partial charge in [-0.05, 0) is 43.9 Å². The first-order valence-electron chi connectivity index (χ1n) is 10.2. The second kappa shape index (κ2) is 6.73. The molecule has 1 heterocycles. The minimum absolute atomic E-state index is 0.287. The summed E-state index contributed by atoms with van der Waals surface area (Å²) < 4.78 is 12.9. The Morgan fingerprint density at radius 3 is 2.23 bits per heavy atom. The van der Waals surface area contributed by atoms with Crippen molar-refractivity contribution < 1.29 is 9.31 Å². The van der Waals surface area contributed by atoms with Gasteiger partial charge < -0.3 is 9.31 Å². The lowest BCUT2D eigenvalue weighted by molar-refractivity contribution is 0.00578. The smallest absolute Gasteiger partial charge is 0.399 e. The van der Waals surface area contributed by atoms with Gasteiger partial charge in [-0.1, -0.05) is 79.8 Å². The van der Waals surface area contributed by atoms with E-state index >= 15 is 0 Å². The third-order valence-corrected chi connectivity index (χ3v) is 6.78. The fourth-order valence-corrected chi connectivity index (χ4v) is 4.46. The van der Waals surface area contributed by atoms with Crippen LogP contribution >= 0.6 is 0 Å². The van der Waals surface area contributed by atoms with Crippen molar-refractivity contribution in [2.24, 2.45) is 0 Å². The van der Waals surface area contributed by atoms with Gasteiger partial charge in [0.2, 0.25) is 0 Å². The second-order valence-electron chi connectivity index (χ2n) is 9.16. The quantitative estimate of drug-likeness (QED) is 0.782. The largest absolute Gasteiger partial charge is 0.494 e. The highest BCUT2D eigenvalue weighted by molar-refractivity contribution is 6.74. The molecule has 0 spiro atoms. The lowest BCUT2D eigenvalue weighted by Gasteiger charge is -2.32. The maximum absolute atomic E-state index is 6.47. The van der Waals surface area contributed by atoms with Crippen molar-refractivity contribution >= 4 is 36.1 Å². The molecule has 26 heavy (non-hydrogen) atoms. The Labute approximate surface area is 159 Å². The van der Waals surface area contributed by atoms with Gasteiger partial charge in [0.25, 0.3) is 0 Å². The zero-order chi connectivity index (χ0) is 18.4. The van der Waals surface area contributed by atoms with Gasteiger partial charge >= 0.3 is 7.12 Å². The SMILES string of the molecule is CC1(C)OB(c2c(BC3CCCCC3)ccc3ccccc23)OC1(C)C. The molecule has 0 atom stereocenters. The predicted octanol–water partition coefficient (Wildman–Crippen LogP) is 3.95. The maximum atomic E-state index is 6.47. The topological polar surface area (TPSA) is 18.5 Å². The van der Waals surface area contributed by atoms with Gasteiger partial charge in [0, 0.05) is 0 Å². The zero-order valence-corrected chi connectivity index (χ0v) is 16.7. The van der Waals surface area contributed by atoms with E-state index < -0.39 is 0 Å². The van der Waals surface area contributed by atoms with Gasteiger partial charge in [-0.15, -0.1) is 0 Å². The molecule has 136 valence electrons. The third-order valence-electron chi connectivity index (χ3n) is 6.78. The van der Waals surface area contributed by atoms with E-state index in [9.17, 15) is 0 Å². The van der Waals surface area contributed by atoms with Gasteiger partial charge in [0.05, 0.1) is 11.2 Å². The van der Waals surface area contributed by atoms with Crippen LogP contribution in [0.2, 0.25) is 5.82 Å². The third kappa shape index (κ3) is 3.23. The van der Waals surface area contributed by atoms with Gasteiger partial charge in [-0.3, -0.25) is 0 Å². The van der Waals surface area contributed by atoms with E-state index in [1.807, 2.05) is 0 Å². The number of fused-ring (bicyclic) bond motifs is 1. The number of hydrogen-bond acceptors (Lipinski definition) is 2. The molecule has 0 amide bonds. The summed E-state index contributed by atoms with van der Waals surface area (Å²) in [7, 11) is 0.856. The molecule has 0 unspecified atom stereocenters. The van der Waals surface area contributed by atoms with Crippen LogP contribution in [0, 0.1) is 0 Å². The number of hydrogen-bond donors (Lipinski definition) is 0. The molecule has 2 fully saturated rings. The van der Waals surface area contributed by atoms with Crippen LogP contribution in [0.5, 0.6) is 0 Å². The Kier molecular flexibility index (Phi) is 4.69. The Balaban J connectivity index is 1.76. The van der Waals surface area contributed by atoms with Crippen molar-refractivity contribution in [2.45, 2.75) is 76.8 Å². The van der Waals surface area contributed by atoms with E-state index in [1.54, 1.807) is 0 Å². The summed E-state index contributed by atoms with van der Waals surface area (Å²) in [5, 5.41) is 2.55. The summed E-state index contributed by atoms with van der Waals surface area (Å²) in [4.78, 5) is 0. The molecule has 2 aliphatic rings. The first-order valence-corrected chi connectivity index (χ1v) is 10.2. The summed E-state index contributed by atoms with van der Waals surface area (Å²) in [6.45, 7) is 8.55. The molecule has 4 heteroatoms. The molecule has 1 saturated carbocycles. The Hall–Kier alpha value is -1.25. The molecule has 2 aromatic rings. The molecule has 0 bridgehead atoms. The molecular formula is C22H30B2O2. The van der Waals surface area contributed by atoms with E-state index in [0.717, 1.165) is 13.1 Å². The number of rotatable bonds is 3. The first-order chi connectivity index (χ1) is 12.4. The normalized spacial score (nSPS) is 22.7. The molecule has 1 saturated heterocycles. The predicted molar refractivity (Wildman–Crippen MR) is 113 cm³/mol. The Morgan fingerprint density at radius 2 is 1.54 bits per heavy atom. The van der Waals surface area contributed by atoms with E-state index in [2.05, 4.69) is 64.1 Å². The average molecular weight is 348 g/mol. The lowest BCUT2D eigenvalue weighted by atomic mass is 9.50. The molecular weight excluding hydrogens is 318 g/mol. The van der Waals surface area contributed by atoms with Gasteiger partial charge in [-0.25, -0.2) is 0 Å². The van der Waals surface area contributed by atoms with Gasteiger partial charge in [0.1, 0.15) is 0 Å². The Morgan fingerprint density at radius 1 is 0.885 bits per heavy atom. The molecule has 0 radical (unpaired) electrons. The maximum Gasteiger partial charge on any atom is 0.494 e. The highest BCUT2D eigenvalue weighted by Crippen LogP contribution is 2.37. The summed E-state index contributed by atoms with van der Waals surface area (Å²) in [5.41, 5.74) is 2.05. The minimum atomic E-state index is -0.309. The summed E-state index contributed by atoms with van der Waals surface area (Å²) in [6, 6.07) is 13.2. The summed E-state index contributed by atoms with van der Waals surface area (Å²) >= 11 is 0. The van der Waals surface area contributed by atoms with Crippen LogP contribution in [0.25, 0.3) is 10.8 Å². The molecule has 2 aromatic carbocycles. The standard InChI is InChI=1S/C22H30B2O2/c1-21(2)22(3,4)26-24(25-21)20-18-13-9-8-10-16(18)14-15-19(20)23-17-11-6-5-7-12-17/h8-10,13-15,17,23H,5-7,11-12H2,1-4H3. The lowest BCUT2D eigenvalue weighted by Crippen LogP contribution is -2.47. The second-order valence-corrected chi connectivity index (χ2v) is 9.16. The van der Waals surface area contributed by atoms with E-state index in [-0.39, 0.29) is 18.3 Å². The van der Waals surface area contributed by atoms with Crippen LogP contribution in [0.4, 0.5) is 0 Å². The highest BCUT2D eigenvalue weighted by atomic mass is 16.7. The molecule has 2 nitrogen and oxygen atoms in total. The fourth-order valence-electron chi connectivity index (χ4n) is 4.46. The Bertz CT molecular complexity index is 778. The molecule has 1 aliphatic carbocycles. The molecule has 4 rings (SSSR count). The van der Waals surface area contributed by atoms with Crippen LogP contribution in [-0.2, 0) is 9.31 Å². The van der Waals surface area contributed by atoms with Crippen molar-refractivity contribution in [3.63, 3.8) is 0 Å². The molecule has 1 aliphatic heterocycles. The van der Waals surface area contributed by atoms with E-state index in [4.69, 9.17) is 9.31 Å². The van der Waals surface area contributed by atoms with Crippen LogP contribution in [0.15, 0.2) is 36.4 Å². The summed E-state index contributed by atoms with van der Waals surface area (Å²) in [6.07, 6.45) is 6.87. The van der Waals surface area contributed by atoms with Gasteiger partial charge in [0.15, 0.2) is 7.28 Å². The first kappa shape index (κ1) is 18.1.